The van der Waals surface area contributed by atoms with Gasteiger partial charge in [-0.3, -0.25) is 0 Å². The van der Waals surface area contributed by atoms with Crippen LogP contribution in [0.3, 0.4) is 0 Å². The molecule has 1 N–H and O–H groups in total. The molecule has 2 fully saturated rings. The van der Waals surface area contributed by atoms with Crippen LogP contribution in [0.5, 0.6) is 0 Å². The first-order valence-electron chi connectivity index (χ1n) is 5.27. The molecule has 1 heterocycles. The third-order valence-electron chi connectivity index (χ3n) is 4.01. The highest BCUT2D eigenvalue weighted by Gasteiger charge is 2.55. The molecule has 5 atom stereocenters. The Hall–Kier alpha value is -0.0800. The zero-order valence-electron chi connectivity index (χ0n) is 8.95. The lowest BCUT2D eigenvalue weighted by molar-refractivity contribution is -0.247. The van der Waals surface area contributed by atoms with Gasteiger partial charge in [0.15, 0.2) is 0 Å². The number of hydrogen-bond donors (Lipinski definition) is 1. The third kappa shape index (κ3) is 1.23. The van der Waals surface area contributed by atoms with Crippen molar-refractivity contribution in [1.82, 2.24) is 0 Å². The minimum Gasteiger partial charge on any atom is -0.390 e. The van der Waals surface area contributed by atoms with Gasteiger partial charge in [-0.05, 0) is 30.6 Å². The van der Waals surface area contributed by atoms with Crippen LogP contribution < -0.4 is 0 Å². The molecule has 2 heteroatoms. The average Bonchev–Trinajstić information content (AvgIpc) is 1.98. The lowest BCUT2D eigenvalue weighted by Gasteiger charge is -2.59. The summed E-state index contributed by atoms with van der Waals surface area (Å²) in [4.78, 5) is 0. The summed E-state index contributed by atoms with van der Waals surface area (Å²) in [6.45, 7) is 8.68. The standard InChI is InChI=1S/C11H20O2/c1-6-9-8(5-11(9,3)4)13-7(2)10(6)12/h6-10,12H,5H2,1-4H3. The quantitative estimate of drug-likeness (QED) is 0.622. The van der Waals surface area contributed by atoms with Crippen LogP contribution in [-0.2, 0) is 4.74 Å². The van der Waals surface area contributed by atoms with Crippen LogP contribution in [0.1, 0.15) is 34.1 Å². The molecular formula is C11H20O2. The molecule has 0 spiro atoms. The summed E-state index contributed by atoms with van der Waals surface area (Å²) in [5.74, 6) is 0.941. The highest BCUT2D eigenvalue weighted by atomic mass is 16.5. The molecule has 0 bridgehead atoms. The molecule has 1 aliphatic carbocycles. The van der Waals surface area contributed by atoms with Crippen molar-refractivity contribution < 1.29 is 9.84 Å². The zero-order chi connectivity index (χ0) is 9.80. The summed E-state index contributed by atoms with van der Waals surface area (Å²) >= 11 is 0. The molecule has 13 heavy (non-hydrogen) atoms. The Labute approximate surface area is 80.3 Å². The zero-order valence-corrected chi connectivity index (χ0v) is 8.95. The molecule has 1 aliphatic heterocycles. The fraction of sp³-hybridized carbons (Fsp3) is 1.00. The van der Waals surface area contributed by atoms with E-state index in [-0.39, 0.29) is 12.2 Å². The van der Waals surface area contributed by atoms with Crippen LogP contribution in [0.15, 0.2) is 0 Å². The molecule has 0 amide bonds. The predicted octanol–water partition coefficient (Wildman–Crippen LogP) is 1.82. The Kier molecular flexibility index (Phi) is 1.97. The van der Waals surface area contributed by atoms with Crippen molar-refractivity contribution in [3.05, 3.63) is 0 Å². The first-order valence-corrected chi connectivity index (χ1v) is 5.27. The van der Waals surface area contributed by atoms with Crippen molar-refractivity contribution >= 4 is 0 Å². The van der Waals surface area contributed by atoms with Gasteiger partial charge in [0.1, 0.15) is 0 Å². The summed E-state index contributed by atoms with van der Waals surface area (Å²) < 4.78 is 5.75. The number of fused-ring (bicyclic) bond motifs is 1. The first kappa shape index (κ1) is 9.47. The second-order valence-corrected chi connectivity index (χ2v) is 5.45. The van der Waals surface area contributed by atoms with E-state index >= 15 is 0 Å². The molecule has 0 aromatic carbocycles. The monoisotopic (exact) mass is 184 g/mol. The van der Waals surface area contributed by atoms with Crippen molar-refractivity contribution in [2.24, 2.45) is 17.3 Å². The van der Waals surface area contributed by atoms with E-state index in [0.717, 1.165) is 6.42 Å². The molecule has 1 saturated heterocycles. The Morgan fingerprint density at radius 3 is 2.46 bits per heavy atom. The van der Waals surface area contributed by atoms with Gasteiger partial charge in [-0.15, -0.1) is 0 Å². The highest BCUT2D eigenvalue weighted by molar-refractivity contribution is 5.04. The van der Waals surface area contributed by atoms with Crippen LogP contribution in [0, 0.1) is 17.3 Å². The van der Waals surface area contributed by atoms with Gasteiger partial charge in [0.05, 0.1) is 18.3 Å². The lowest BCUT2D eigenvalue weighted by Crippen LogP contribution is -2.61. The average molecular weight is 184 g/mol. The summed E-state index contributed by atoms with van der Waals surface area (Å²) in [6.07, 6.45) is 1.30. The Bertz CT molecular complexity index is 212. The fourth-order valence-electron chi connectivity index (χ4n) is 3.30. The second kappa shape index (κ2) is 2.71. The number of ether oxygens (including phenoxy) is 1. The van der Waals surface area contributed by atoms with Crippen molar-refractivity contribution in [3.63, 3.8) is 0 Å². The van der Waals surface area contributed by atoms with Crippen LogP contribution in [0.2, 0.25) is 0 Å². The van der Waals surface area contributed by atoms with Crippen molar-refractivity contribution in [3.8, 4) is 0 Å². The molecule has 0 aromatic heterocycles. The van der Waals surface area contributed by atoms with Gasteiger partial charge in [0.25, 0.3) is 0 Å². The summed E-state index contributed by atoms with van der Waals surface area (Å²) in [6, 6.07) is 0. The van der Waals surface area contributed by atoms with E-state index in [4.69, 9.17) is 4.74 Å². The van der Waals surface area contributed by atoms with Crippen LogP contribution >= 0.6 is 0 Å². The van der Waals surface area contributed by atoms with E-state index in [0.29, 0.717) is 23.4 Å². The maximum atomic E-state index is 9.88. The molecule has 2 rings (SSSR count). The van der Waals surface area contributed by atoms with E-state index < -0.39 is 0 Å². The molecule has 0 radical (unpaired) electrons. The van der Waals surface area contributed by atoms with E-state index in [1.54, 1.807) is 0 Å². The second-order valence-electron chi connectivity index (χ2n) is 5.45. The van der Waals surface area contributed by atoms with Crippen LogP contribution in [-0.4, -0.2) is 23.4 Å². The molecule has 1 saturated carbocycles. The molecule has 0 aromatic rings. The molecule has 5 unspecified atom stereocenters. The van der Waals surface area contributed by atoms with Crippen molar-refractivity contribution in [2.75, 3.05) is 0 Å². The van der Waals surface area contributed by atoms with Crippen LogP contribution in [0.25, 0.3) is 0 Å². The van der Waals surface area contributed by atoms with Gasteiger partial charge in [-0.25, -0.2) is 0 Å². The maximum absolute atomic E-state index is 9.88. The Morgan fingerprint density at radius 1 is 1.31 bits per heavy atom. The van der Waals surface area contributed by atoms with Crippen molar-refractivity contribution in [1.29, 1.82) is 0 Å². The maximum Gasteiger partial charge on any atom is 0.0828 e. The van der Waals surface area contributed by atoms with E-state index in [1.807, 2.05) is 6.92 Å². The number of aliphatic hydroxyl groups excluding tert-OH is 1. The Morgan fingerprint density at radius 2 is 1.92 bits per heavy atom. The summed E-state index contributed by atoms with van der Waals surface area (Å²) in [7, 11) is 0. The van der Waals surface area contributed by atoms with Gasteiger partial charge in [-0.2, -0.15) is 0 Å². The number of aliphatic hydroxyl groups is 1. The molecule has 2 aliphatic rings. The molecule has 2 nitrogen and oxygen atoms in total. The topological polar surface area (TPSA) is 29.5 Å². The first-order chi connectivity index (χ1) is 5.93. The number of hydrogen-bond acceptors (Lipinski definition) is 2. The van der Waals surface area contributed by atoms with E-state index in [1.165, 1.54) is 0 Å². The van der Waals surface area contributed by atoms with Gasteiger partial charge >= 0.3 is 0 Å². The third-order valence-corrected chi connectivity index (χ3v) is 4.01. The normalized spacial score (nSPS) is 53.8. The summed E-state index contributed by atoms with van der Waals surface area (Å²) in [5.41, 5.74) is 0.366. The minimum absolute atomic E-state index is 0.0207. The lowest BCUT2D eigenvalue weighted by atomic mass is 9.54. The fourth-order valence-corrected chi connectivity index (χ4v) is 3.30. The van der Waals surface area contributed by atoms with Crippen molar-refractivity contribution in [2.45, 2.75) is 52.4 Å². The SMILES string of the molecule is CC1OC2CC(C)(C)C2C(C)C1O. The largest absolute Gasteiger partial charge is 0.390 e. The van der Waals surface area contributed by atoms with E-state index in [9.17, 15) is 5.11 Å². The predicted molar refractivity (Wildman–Crippen MR) is 51.4 cm³/mol. The smallest absolute Gasteiger partial charge is 0.0828 e. The summed E-state index contributed by atoms with van der Waals surface area (Å²) in [5, 5.41) is 9.88. The van der Waals surface area contributed by atoms with Gasteiger partial charge < -0.3 is 9.84 Å². The molecule has 76 valence electrons. The highest BCUT2D eigenvalue weighted by Crippen LogP contribution is 2.55. The number of rotatable bonds is 0. The minimum atomic E-state index is -0.277. The Balaban J connectivity index is 2.14. The van der Waals surface area contributed by atoms with E-state index in [2.05, 4.69) is 20.8 Å². The molecular weight excluding hydrogens is 164 g/mol. The van der Waals surface area contributed by atoms with Gasteiger partial charge in [0, 0.05) is 0 Å². The van der Waals surface area contributed by atoms with Gasteiger partial charge in [-0.1, -0.05) is 20.8 Å². The van der Waals surface area contributed by atoms with Crippen LogP contribution in [0.4, 0.5) is 0 Å². The van der Waals surface area contributed by atoms with Gasteiger partial charge in [0.2, 0.25) is 0 Å².